The van der Waals surface area contributed by atoms with Gasteiger partial charge in [0, 0.05) is 0 Å². The van der Waals surface area contributed by atoms with E-state index in [0.717, 1.165) is 5.56 Å². The Balaban J connectivity index is 3.08. The van der Waals surface area contributed by atoms with E-state index in [1.807, 2.05) is 6.92 Å². The zero-order valence-electron chi connectivity index (χ0n) is 7.04. The Kier molecular flexibility index (Phi) is 2.93. The maximum atomic E-state index is 10.4. The average molecular weight is 245 g/mol. The SMILES string of the molecule is Cc1cc(Br)c(O)cc1CC(=O)O. The van der Waals surface area contributed by atoms with E-state index in [9.17, 15) is 9.90 Å². The summed E-state index contributed by atoms with van der Waals surface area (Å²) in [6.45, 7) is 1.81. The van der Waals surface area contributed by atoms with Crippen LogP contribution in [0, 0.1) is 6.92 Å². The van der Waals surface area contributed by atoms with Gasteiger partial charge in [-0.25, -0.2) is 0 Å². The number of phenolic OH excluding ortho intramolecular Hbond substituents is 1. The molecule has 0 amide bonds. The van der Waals surface area contributed by atoms with Crippen LogP contribution in [0.15, 0.2) is 16.6 Å². The fourth-order valence-electron chi connectivity index (χ4n) is 1.06. The molecule has 4 heteroatoms. The van der Waals surface area contributed by atoms with Gasteiger partial charge >= 0.3 is 5.97 Å². The zero-order chi connectivity index (χ0) is 10.0. The molecule has 0 aliphatic rings. The van der Waals surface area contributed by atoms with Crippen LogP contribution in [0.5, 0.6) is 5.75 Å². The number of hydrogen-bond acceptors (Lipinski definition) is 2. The summed E-state index contributed by atoms with van der Waals surface area (Å²) < 4.78 is 0.583. The third-order valence-electron chi connectivity index (χ3n) is 1.75. The molecule has 0 aliphatic carbocycles. The largest absolute Gasteiger partial charge is 0.507 e. The summed E-state index contributed by atoms with van der Waals surface area (Å²) in [5.74, 6) is -0.827. The second-order valence-corrected chi connectivity index (χ2v) is 3.65. The van der Waals surface area contributed by atoms with Crippen LogP contribution in [0.3, 0.4) is 0 Å². The lowest BCUT2D eigenvalue weighted by atomic mass is 10.1. The van der Waals surface area contributed by atoms with Gasteiger partial charge in [-0.1, -0.05) is 0 Å². The van der Waals surface area contributed by atoms with E-state index in [4.69, 9.17) is 5.11 Å². The molecular formula is C9H9BrO3. The lowest BCUT2D eigenvalue weighted by Crippen LogP contribution is -2.01. The molecule has 1 aromatic carbocycles. The lowest BCUT2D eigenvalue weighted by Gasteiger charge is -2.05. The number of carboxylic acid groups (broad SMARTS) is 1. The van der Waals surface area contributed by atoms with Crippen molar-refractivity contribution >= 4 is 21.9 Å². The number of aryl methyl sites for hydroxylation is 1. The molecule has 0 aromatic heterocycles. The molecule has 70 valence electrons. The molecule has 1 aromatic rings. The summed E-state index contributed by atoms with van der Waals surface area (Å²) in [5, 5.41) is 17.9. The molecule has 0 fully saturated rings. The highest BCUT2D eigenvalue weighted by Crippen LogP contribution is 2.27. The smallest absolute Gasteiger partial charge is 0.307 e. The Hall–Kier alpha value is -1.03. The van der Waals surface area contributed by atoms with Gasteiger partial charge in [-0.15, -0.1) is 0 Å². The molecule has 0 atom stereocenters. The summed E-state index contributed by atoms with van der Waals surface area (Å²) in [5.41, 5.74) is 1.49. The van der Waals surface area contributed by atoms with Crippen molar-refractivity contribution in [3.05, 3.63) is 27.7 Å². The van der Waals surface area contributed by atoms with Gasteiger partial charge in [0.1, 0.15) is 5.75 Å². The van der Waals surface area contributed by atoms with Crippen LogP contribution in [0.25, 0.3) is 0 Å². The van der Waals surface area contributed by atoms with Crippen LogP contribution in [0.1, 0.15) is 11.1 Å². The first kappa shape index (κ1) is 10.1. The molecule has 0 aliphatic heterocycles. The summed E-state index contributed by atoms with van der Waals surface area (Å²) in [4.78, 5) is 10.4. The highest BCUT2D eigenvalue weighted by atomic mass is 79.9. The first-order chi connectivity index (χ1) is 6.00. The van der Waals surface area contributed by atoms with Crippen molar-refractivity contribution in [2.75, 3.05) is 0 Å². The van der Waals surface area contributed by atoms with E-state index >= 15 is 0 Å². The Bertz CT molecular complexity index is 347. The molecule has 0 spiro atoms. The number of benzene rings is 1. The number of hydrogen-bond donors (Lipinski definition) is 2. The van der Waals surface area contributed by atoms with Gasteiger partial charge in [-0.3, -0.25) is 4.79 Å². The number of halogens is 1. The van der Waals surface area contributed by atoms with Gasteiger partial charge in [0.15, 0.2) is 0 Å². The summed E-state index contributed by atoms with van der Waals surface area (Å²) >= 11 is 3.15. The monoisotopic (exact) mass is 244 g/mol. The standard InChI is InChI=1S/C9H9BrO3/c1-5-2-7(10)8(11)3-6(5)4-9(12)13/h2-3,11H,4H2,1H3,(H,12,13). The fraction of sp³-hybridized carbons (Fsp3) is 0.222. The van der Waals surface area contributed by atoms with E-state index < -0.39 is 5.97 Å². The normalized spacial score (nSPS) is 10.0. The molecule has 1 rings (SSSR count). The predicted molar refractivity (Wildman–Crippen MR) is 51.9 cm³/mol. The van der Waals surface area contributed by atoms with Crippen LogP contribution >= 0.6 is 15.9 Å². The molecule has 0 saturated heterocycles. The van der Waals surface area contributed by atoms with Crippen molar-refractivity contribution in [1.82, 2.24) is 0 Å². The minimum atomic E-state index is -0.898. The van der Waals surface area contributed by atoms with Crippen LogP contribution in [-0.4, -0.2) is 16.2 Å². The van der Waals surface area contributed by atoms with Gasteiger partial charge in [-0.05, 0) is 46.1 Å². The molecule has 0 radical (unpaired) electrons. The van der Waals surface area contributed by atoms with Gasteiger partial charge in [0.2, 0.25) is 0 Å². The Morgan fingerprint density at radius 3 is 2.69 bits per heavy atom. The van der Waals surface area contributed by atoms with Crippen LogP contribution in [0.2, 0.25) is 0 Å². The topological polar surface area (TPSA) is 57.5 Å². The summed E-state index contributed by atoms with van der Waals surface area (Å²) in [6.07, 6.45) is -0.0628. The Labute approximate surface area is 84.1 Å². The molecule has 2 N–H and O–H groups in total. The second kappa shape index (κ2) is 3.79. The van der Waals surface area contributed by atoms with Gasteiger partial charge in [0.05, 0.1) is 10.9 Å². The van der Waals surface area contributed by atoms with Gasteiger partial charge < -0.3 is 10.2 Å². The van der Waals surface area contributed by atoms with Crippen molar-refractivity contribution in [3.8, 4) is 5.75 Å². The van der Waals surface area contributed by atoms with Crippen LogP contribution in [0.4, 0.5) is 0 Å². The number of carboxylic acids is 1. The maximum Gasteiger partial charge on any atom is 0.307 e. The Morgan fingerprint density at radius 1 is 1.54 bits per heavy atom. The quantitative estimate of drug-likeness (QED) is 0.838. The molecule has 13 heavy (non-hydrogen) atoms. The van der Waals surface area contributed by atoms with Crippen LogP contribution < -0.4 is 0 Å². The van der Waals surface area contributed by atoms with Crippen molar-refractivity contribution in [1.29, 1.82) is 0 Å². The highest BCUT2D eigenvalue weighted by Gasteiger charge is 2.07. The minimum absolute atomic E-state index is 0.0628. The summed E-state index contributed by atoms with van der Waals surface area (Å²) in [7, 11) is 0. The first-order valence-electron chi connectivity index (χ1n) is 3.70. The highest BCUT2D eigenvalue weighted by molar-refractivity contribution is 9.10. The predicted octanol–water partition coefficient (Wildman–Crippen LogP) is 2.09. The molecule has 0 saturated carbocycles. The average Bonchev–Trinajstić information content (AvgIpc) is 1.99. The number of aromatic hydroxyl groups is 1. The van der Waals surface area contributed by atoms with Gasteiger partial charge in [0.25, 0.3) is 0 Å². The maximum absolute atomic E-state index is 10.4. The van der Waals surface area contributed by atoms with Crippen molar-refractivity contribution in [3.63, 3.8) is 0 Å². The van der Waals surface area contributed by atoms with E-state index in [1.165, 1.54) is 6.07 Å². The van der Waals surface area contributed by atoms with Gasteiger partial charge in [-0.2, -0.15) is 0 Å². The van der Waals surface area contributed by atoms with Crippen molar-refractivity contribution in [2.24, 2.45) is 0 Å². The number of rotatable bonds is 2. The third-order valence-corrected chi connectivity index (χ3v) is 2.38. The van der Waals surface area contributed by atoms with E-state index in [1.54, 1.807) is 6.07 Å². The summed E-state index contributed by atoms with van der Waals surface area (Å²) in [6, 6.07) is 3.17. The first-order valence-corrected chi connectivity index (χ1v) is 4.50. The lowest BCUT2D eigenvalue weighted by molar-refractivity contribution is -0.136. The second-order valence-electron chi connectivity index (χ2n) is 2.80. The van der Waals surface area contributed by atoms with Crippen molar-refractivity contribution in [2.45, 2.75) is 13.3 Å². The minimum Gasteiger partial charge on any atom is -0.507 e. The molecule has 0 unspecified atom stereocenters. The van der Waals surface area contributed by atoms with E-state index in [-0.39, 0.29) is 12.2 Å². The van der Waals surface area contributed by atoms with Crippen LogP contribution in [-0.2, 0) is 11.2 Å². The van der Waals surface area contributed by atoms with E-state index in [2.05, 4.69) is 15.9 Å². The molecular weight excluding hydrogens is 236 g/mol. The molecule has 0 bridgehead atoms. The fourth-order valence-corrected chi connectivity index (χ4v) is 1.52. The van der Waals surface area contributed by atoms with Crippen molar-refractivity contribution < 1.29 is 15.0 Å². The molecule has 0 heterocycles. The zero-order valence-corrected chi connectivity index (χ0v) is 8.63. The number of carbonyl (C=O) groups is 1. The number of phenols is 1. The third kappa shape index (κ3) is 2.45. The Morgan fingerprint density at radius 2 is 2.15 bits per heavy atom. The van der Waals surface area contributed by atoms with E-state index in [0.29, 0.717) is 10.0 Å². The molecule has 3 nitrogen and oxygen atoms in total. The number of aliphatic carboxylic acids is 1.